The number of rotatable bonds is 7. The van der Waals surface area contributed by atoms with Gasteiger partial charge < -0.3 is 10.8 Å². The molecule has 0 aromatic carbocycles. The van der Waals surface area contributed by atoms with Crippen molar-refractivity contribution >= 4 is 5.91 Å². The van der Waals surface area contributed by atoms with E-state index >= 15 is 0 Å². The molecule has 0 aliphatic rings. The first-order valence-corrected chi connectivity index (χ1v) is 3.51. The van der Waals surface area contributed by atoms with Crippen molar-refractivity contribution in [1.29, 1.82) is 0 Å². The van der Waals surface area contributed by atoms with Gasteiger partial charge in [-0.1, -0.05) is 0 Å². The van der Waals surface area contributed by atoms with Crippen LogP contribution in [0.5, 0.6) is 0 Å². The Morgan fingerprint density at radius 1 is 1.55 bits per heavy atom. The van der Waals surface area contributed by atoms with Crippen LogP contribution in [0.3, 0.4) is 0 Å². The van der Waals surface area contributed by atoms with Crippen LogP contribution in [0.4, 0.5) is 0 Å². The lowest BCUT2D eigenvalue weighted by Crippen LogP contribution is -2.25. The van der Waals surface area contributed by atoms with Crippen molar-refractivity contribution in [2.24, 2.45) is 5.73 Å². The summed E-state index contributed by atoms with van der Waals surface area (Å²) in [5.74, 6) is -0.500. The second-order valence-electron chi connectivity index (χ2n) is 2.08. The van der Waals surface area contributed by atoms with E-state index in [2.05, 4.69) is 10.3 Å². The third kappa shape index (κ3) is 9.35. The van der Waals surface area contributed by atoms with Gasteiger partial charge in [0.05, 0.1) is 0 Å². The molecule has 5 nitrogen and oxygen atoms in total. The van der Waals surface area contributed by atoms with Gasteiger partial charge in [-0.25, -0.2) is 5.48 Å². The highest BCUT2D eigenvalue weighted by molar-refractivity contribution is 5.74. The Labute approximate surface area is 65.5 Å². The molecule has 0 heterocycles. The summed E-state index contributed by atoms with van der Waals surface area (Å²) in [5, 5.41) is 8.37. The highest BCUT2D eigenvalue weighted by Gasteiger charge is 1.92. The molecule has 0 radical (unpaired) electrons. The number of carbonyl (C=O) groups excluding carboxylic acids is 1. The molecule has 0 bridgehead atoms. The number of nitrogens with two attached hydrogens (primary N) is 1. The molecule has 66 valence electrons. The number of amides is 1. The van der Waals surface area contributed by atoms with E-state index in [1.807, 2.05) is 0 Å². The number of aliphatic hydroxyl groups is 1. The van der Waals surface area contributed by atoms with Crippen LogP contribution in [0, 0.1) is 0 Å². The van der Waals surface area contributed by atoms with Crippen molar-refractivity contribution in [3.8, 4) is 0 Å². The fourth-order valence-electron chi connectivity index (χ4n) is 0.503. The highest BCUT2D eigenvalue weighted by atomic mass is 16.6. The first-order valence-electron chi connectivity index (χ1n) is 3.51. The summed E-state index contributed by atoms with van der Waals surface area (Å²) < 4.78 is 0. The van der Waals surface area contributed by atoms with E-state index in [9.17, 15) is 4.79 Å². The predicted octanol–water partition coefficient (Wildman–Crippen LogP) is -1.23. The molecular weight excluding hydrogens is 148 g/mol. The van der Waals surface area contributed by atoms with Crippen LogP contribution in [-0.2, 0) is 9.63 Å². The molecule has 11 heavy (non-hydrogen) atoms. The maximum atomic E-state index is 10.1. The maximum Gasteiger partial charge on any atom is 0.245 e. The summed E-state index contributed by atoms with van der Waals surface area (Å²) in [4.78, 5) is 14.7. The lowest BCUT2D eigenvalue weighted by atomic mass is 10.3. The monoisotopic (exact) mass is 162 g/mol. The zero-order valence-corrected chi connectivity index (χ0v) is 6.38. The van der Waals surface area contributed by atoms with Crippen LogP contribution in [0.15, 0.2) is 0 Å². The SMILES string of the molecule is NC(=O)CONCCCCO. The van der Waals surface area contributed by atoms with E-state index in [0.29, 0.717) is 6.54 Å². The summed E-state index contributed by atoms with van der Waals surface area (Å²) in [6.07, 6.45) is 1.54. The quantitative estimate of drug-likeness (QED) is 0.323. The summed E-state index contributed by atoms with van der Waals surface area (Å²) in [7, 11) is 0. The van der Waals surface area contributed by atoms with E-state index in [1.165, 1.54) is 0 Å². The van der Waals surface area contributed by atoms with Gasteiger partial charge in [0, 0.05) is 13.2 Å². The summed E-state index contributed by atoms with van der Waals surface area (Å²) in [6.45, 7) is 0.685. The number of unbranched alkanes of at least 4 members (excludes halogenated alkanes) is 1. The fourth-order valence-corrected chi connectivity index (χ4v) is 0.503. The molecule has 0 saturated heterocycles. The Morgan fingerprint density at radius 2 is 2.27 bits per heavy atom. The Kier molecular flexibility index (Phi) is 7.02. The zero-order valence-electron chi connectivity index (χ0n) is 6.38. The van der Waals surface area contributed by atoms with Gasteiger partial charge in [-0.2, -0.15) is 0 Å². The first kappa shape index (κ1) is 10.3. The standard InChI is InChI=1S/C6H14N2O3/c7-6(10)5-11-8-3-1-2-4-9/h8-9H,1-5H2,(H2,7,10). The average Bonchev–Trinajstić information content (AvgIpc) is 1.96. The first-order chi connectivity index (χ1) is 5.27. The molecule has 0 saturated carbocycles. The number of hydrogen-bond donors (Lipinski definition) is 3. The maximum absolute atomic E-state index is 10.1. The van der Waals surface area contributed by atoms with Gasteiger partial charge in [0.1, 0.15) is 6.61 Å². The Bertz CT molecular complexity index is 108. The number of aliphatic hydroxyl groups excluding tert-OH is 1. The van der Waals surface area contributed by atoms with Gasteiger partial charge in [0.2, 0.25) is 5.91 Å². The number of primary amides is 1. The van der Waals surface area contributed by atoms with Gasteiger partial charge in [-0.05, 0) is 12.8 Å². The topological polar surface area (TPSA) is 84.6 Å². The van der Waals surface area contributed by atoms with Crippen molar-refractivity contribution in [1.82, 2.24) is 5.48 Å². The van der Waals surface area contributed by atoms with Crippen molar-refractivity contribution < 1.29 is 14.7 Å². The second-order valence-corrected chi connectivity index (χ2v) is 2.08. The van der Waals surface area contributed by atoms with Crippen LogP contribution in [0.2, 0.25) is 0 Å². The van der Waals surface area contributed by atoms with Crippen LogP contribution >= 0.6 is 0 Å². The Balaban J connectivity index is 2.85. The van der Waals surface area contributed by atoms with Crippen molar-refractivity contribution in [3.05, 3.63) is 0 Å². The number of hydrogen-bond acceptors (Lipinski definition) is 4. The van der Waals surface area contributed by atoms with Gasteiger partial charge in [0.25, 0.3) is 0 Å². The minimum absolute atomic E-state index is 0.112. The largest absolute Gasteiger partial charge is 0.396 e. The summed E-state index contributed by atoms with van der Waals surface area (Å²) >= 11 is 0. The average molecular weight is 162 g/mol. The molecule has 0 aromatic rings. The molecule has 0 spiro atoms. The molecular formula is C6H14N2O3. The molecule has 4 N–H and O–H groups in total. The van der Waals surface area contributed by atoms with E-state index in [-0.39, 0.29) is 13.2 Å². The molecule has 0 fully saturated rings. The smallest absolute Gasteiger partial charge is 0.245 e. The van der Waals surface area contributed by atoms with Crippen molar-refractivity contribution in [3.63, 3.8) is 0 Å². The van der Waals surface area contributed by atoms with Crippen LogP contribution < -0.4 is 11.2 Å². The molecule has 0 aliphatic carbocycles. The highest BCUT2D eigenvalue weighted by Crippen LogP contribution is 1.82. The van der Waals surface area contributed by atoms with E-state index < -0.39 is 5.91 Å². The lowest BCUT2D eigenvalue weighted by molar-refractivity contribution is -0.125. The Morgan fingerprint density at radius 3 is 2.82 bits per heavy atom. The van der Waals surface area contributed by atoms with Crippen LogP contribution in [-0.4, -0.2) is 30.8 Å². The summed E-state index contributed by atoms with van der Waals surface area (Å²) in [6, 6.07) is 0. The van der Waals surface area contributed by atoms with Crippen molar-refractivity contribution in [2.75, 3.05) is 19.8 Å². The molecule has 0 rings (SSSR count). The molecule has 1 amide bonds. The predicted molar refractivity (Wildman–Crippen MR) is 39.5 cm³/mol. The third-order valence-electron chi connectivity index (χ3n) is 1.00. The van der Waals surface area contributed by atoms with Gasteiger partial charge >= 0.3 is 0 Å². The van der Waals surface area contributed by atoms with Crippen LogP contribution in [0.25, 0.3) is 0 Å². The summed E-state index contributed by atoms with van der Waals surface area (Å²) in [5.41, 5.74) is 7.33. The van der Waals surface area contributed by atoms with Gasteiger partial charge in [-0.3, -0.25) is 9.63 Å². The molecule has 0 atom stereocenters. The third-order valence-corrected chi connectivity index (χ3v) is 1.00. The number of carbonyl (C=O) groups is 1. The molecule has 0 aliphatic heterocycles. The minimum Gasteiger partial charge on any atom is -0.396 e. The fraction of sp³-hybridized carbons (Fsp3) is 0.833. The van der Waals surface area contributed by atoms with E-state index in [1.54, 1.807) is 0 Å². The van der Waals surface area contributed by atoms with Gasteiger partial charge in [-0.15, -0.1) is 0 Å². The number of nitrogens with one attached hydrogen (secondary N) is 1. The Hall–Kier alpha value is -0.650. The zero-order chi connectivity index (χ0) is 8.53. The minimum atomic E-state index is -0.500. The normalized spacial score (nSPS) is 9.91. The van der Waals surface area contributed by atoms with Crippen molar-refractivity contribution in [2.45, 2.75) is 12.8 Å². The number of hydroxylamine groups is 1. The molecule has 0 unspecified atom stereocenters. The van der Waals surface area contributed by atoms with Gasteiger partial charge in [0.15, 0.2) is 0 Å². The lowest BCUT2D eigenvalue weighted by Gasteiger charge is -2.01. The second kappa shape index (κ2) is 7.46. The molecule has 0 aromatic heterocycles. The van der Waals surface area contributed by atoms with E-state index in [0.717, 1.165) is 12.8 Å². The van der Waals surface area contributed by atoms with Crippen LogP contribution in [0.1, 0.15) is 12.8 Å². The molecule has 5 heteroatoms. The van der Waals surface area contributed by atoms with E-state index in [4.69, 9.17) is 10.8 Å².